The summed E-state index contributed by atoms with van der Waals surface area (Å²) >= 11 is 12.6. The molecular formula is C32H37Cl2N3O6S. The Kier molecular flexibility index (Phi) is 11.8. The first-order chi connectivity index (χ1) is 21.1. The van der Waals surface area contributed by atoms with Crippen molar-refractivity contribution in [3.63, 3.8) is 0 Å². The third kappa shape index (κ3) is 9.03. The molecule has 0 bridgehead atoms. The first-order valence-electron chi connectivity index (χ1n) is 14.5. The average molecular weight is 663 g/mol. The highest BCUT2D eigenvalue weighted by molar-refractivity contribution is 7.92. The second kappa shape index (κ2) is 15.5. The molecule has 0 radical (unpaired) electrons. The van der Waals surface area contributed by atoms with Crippen LogP contribution in [0.15, 0.2) is 66.7 Å². The zero-order valence-electron chi connectivity index (χ0n) is 24.8. The summed E-state index contributed by atoms with van der Waals surface area (Å²) in [4.78, 5) is 29.1. The number of nitrogens with zero attached hydrogens (tertiary/aromatic N) is 2. The average Bonchev–Trinajstić information content (AvgIpc) is 3.46. The molecule has 4 rings (SSSR count). The predicted octanol–water partition coefficient (Wildman–Crippen LogP) is 5.82. The van der Waals surface area contributed by atoms with Crippen LogP contribution < -0.4 is 19.1 Å². The van der Waals surface area contributed by atoms with Gasteiger partial charge in [0.25, 0.3) is 0 Å². The smallest absolute Gasteiger partial charge is 0.243 e. The van der Waals surface area contributed by atoms with Crippen LogP contribution >= 0.6 is 23.2 Å². The number of halogens is 2. The SMILES string of the molecule is CCCCNC(=O)[C@H](Cc1ccccc1)N(Cc1ccc(Cl)cc1Cl)C(=O)CCCN(c1ccc2c(c1)OCO2)S(C)(=O)=O. The van der Waals surface area contributed by atoms with Crippen molar-refractivity contribution < 1.29 is 27.5 Å². The van der Waals surface area contributed by atoms with Crippen LogP contribution in [0.25, 0.3) is 0 Å². The Labute approximate surface area is 269 Å². The van der Waals surface area contributed by atoms with Gasteiger partial charge in [-0.25, -0.2) is 8.42 Å². The predicted molar refractivity (Wildman–Crippen MR) is 173 cm³/mol. The zero-order chi connectivity index (χ0) is 31.7. The quantitative estimate of drug-likeness (QED) is 0.206. The van der Waals surface area contributed by atoms with E-state index < -0.39 is 16.1 Å². The lowest BCUT2D eigenvalue weighted by atomic mass is 10.0. The summed E-state index contributed by atoms with van der Waals surface area (Å²) in [6, 6.07) is 18.6. The van der Waals surface area contributed by atoms with Gasteiger partial charge in [-0.05, 0) is 48.2 Å². The van der Waals surface area contributed by atoms with Gasteiger partial charge in [-0.2, -0.15) is 0 Å². The van der Waals surface area contributed by atoms with Gasteiger partial charge in [0.2, 0.25) is 28.6 Å². The molecule has 0 spiro atoms. The van der Waals surface area contributed by atoms with Crippen LogP contribution in [-0.2, 0) is 32.6 Å². The molecule has 0 aromatic heterocycles. The van der Waals surface area contributed by atoms with Crippen molar-refractivity contribution >= 4 is 50.7 Å². The Balaban J connectivity index is 1.59. The van der Waals surface area contributed by atoms with Crippen molar-refractivity contribution in [1.29, 1.82) is 0 Å². The summed E-state index contributed by atoms with van der Waals surface area (Å²) in [7, 11) is -3.68. The highest BCUT2D eigenvalue weighted by Crippen LogP contribution is 2.36. The Morgan fingerprint density at radius 2 is 1.73 bits per heavy atom. The summed E-state index contributed by atoms with van der Waals surface area (Å²) in [5.74, 6) is 0.423. The van der Waals surface area contributed by atoms with Crippen molar-refractivity contribution in [1.82, 2.24) is 10.2 Å². The molecule has 0 unspecified atom stereocenters. The molecule has 9 nitrogen and oxygen atoms in total. The molecule has 2 amide bonds. The monoisotopic (exact) mass is 661 g/mol. The van der Waals surface area contributed by atoms with Crippen LogP contribution in [0.3, 0.4) is 0 Å². The number of anilines is 1. The van der Waals surface area contributed by atoms with E-state index in [0.29, 0.717) is 45.8 Å². The second-order valence-corrected chi connectivity index (χ2v) is 13.3. The minimum atomic E-state index is -3.68. The Morgan fingerprint density at radius 1 is 0.977 bits per heavy atom. The molecule has 0 aliphatic carbocycles. The zero-order valence-corrected chi connectivity index (χ0v) is 27.1. The van der Waals surface area contributed by atoms with Crippen molar-refractivity contribution in [2.45, 2.75) is 51.6 Å². The second-order valence-electron chi connectivity index (χ2n) is 10.6. The van der Waals surface area contributed by atoms with Crippen molar-refractivity contribution in [2.75, 3.05) is 30.4 Å². The third-order valence-electron chi connectivity index (χ3n) is 7.25. The summed E-state index contributed by atoms with van der Waals surface area (Å²) in [5.41, 5.74) is 1.95. The van der Waals surface area contributed by atoms with Crippen LogP contribution in [0.4, 0.5) is 5.69 Å². The van der Waals surface area contributed by atoms with Gasteiger partial charge in [0.1, 0.15) is 6.04 Å². The van der Waals surface area contributed by atoms with Crippen LogP contribution in [0.5, 0.6) is 11.5 Å². The van der Waals surface area contributed by atoms with Crippen molar-refractivity contribution in [3.8, 4) is 11.5 Å². The van der Waals surface area contributed by atoms with Crippen LogP contribution in [0.2, 0.25) is 10.0 Å². The van der Waals surface area contributed by atoms with E-state index in [2.05, 4.69) is 5.32 Å². The molecule has 1 atom stereocenters. The number of fused-ring (bicyclic) bond motifs is 1. The van der Waals surface area contributed by atoms with E-state index in [4.69, 9.17) is 32.7 Å². The molecule has 12 heteroatoms. The number of unbranched alkanes of at least 4 members (excludes halogenated alkanes) is 1. The number of carbonyl (C=O) groups is 2. The maximum atomic E-state index is 14.0. The lowest BCUT2D eigenvalue weighted by Gasteiger charge is -2.32. The first kappa shape index (κ1) is 33.4. The molecule has 236 valence electrons. The molecule has 3 aromatic carbocycles. The van der Waals surface area contributed by atoms with Crippen molar-refractivity contribution in [2.24, 2.45) is 0 Å². The maximum absolute atomic E-state index is 14.0. The van der Waals surface area contributed by atoms with Crippen LogP contribution in [0.1, 0.15) is 43.7 Å². The minimum absolute atomic E-state index is 0.00465. The number of benzene rings is 3. The number of hydrogen-bond donors (Lipinski definition) is 1. The fraction of sp³-hybridized carbons (Fsp3) is 0.375. The molecule has 44 heavy (non-hydrogen) atoms. The molecule has 1 aliphatic rings. The number of amides is 2. The Bertz CT molecular complexity index is 1550. The van der Waals surface area contributed by atoms with Gasteiger partial charge in [0.05, 0.1) is 11.9 Å². The van der Waals surface area contributed by atoms with Crippen LogP contribution in [0, 0.1) is 0 Å². The number of nitrogens with one attached hydrogen (secondary N) is 1. The lowest BCUT2D eigenvalue weighted by molar-refractivity contribution is -0.141. The van der Waals surface area contributed by atoms with Gasteiger partial charge in [0.15, 0.2) is 11.5 Å². The lowest BCUT2D eigenvalue weighted by Crippen LogP contribution is -2.50. The fourth-order valence-electron chi connectivity index (χ4n) is 4.94. The molecule has 0 saturated carbocycles. The number of carbonyl (C=O) groups excluding carboxylic acids is 2. The van der Waals surface area contributed by atoms with Gasteiger partial charge < -0.3 is 19.7 Å². The number of hydrogen-bond acceptors (Lipinski definition) is 6. The molecule has 1 N–H and O–H groups in total. The molecule has 0 fully saturated rings. The molecule has 3 aromatic rings. The van der Waals surface area contributed by atoms with Gasteiger partial charge in [-0.1, -0.05) is 72.9 Å². The van der Waals surface area contributed by atoms with Gasteiger partial charge in [-0.15, -0.1) is 0 Å². The van der Waals surface area contributed by atoms with E-state index in [1.54, 1.807) is 36.4 Å². The summed E-state index contributed by atoms with van der Waals surface area (Å²) in [6.45, 7) is 2.71. The molecular weight excluding hydrogens is 625 g/mol. The summed E-state index contributed by atoms with van der Waals surface area (Å²) in [6.07, 6.45) is 3.33. The maximum Gasteiger partial charge on any atom is 0.243 e. The normalized spacial score (nSPS) is 12.9. The summed E-state index contributed by atoms with van der Waals surface area (Å²) < 4.78 is 37.5. The van der Waals surface area contributed by atoms with Crippen LogP contribution in [-0.4, -0.2) is 57.3 Å². The molecule has 1 aliphatic heterocycles. The third-order valence-corrected chi connectivity index (χ3v) is 9.03. The van der Waals surface area contributed by atoms with Gasteiger partial charge >= 0.3 is 0 Å². The molecule has 1 heterocycles. The Morgan fingerprint density at radius 3 is 2.43 bits per heavy atom. The fourth-order valence-corrected chi connectivity index (χ4v) is 6.36. The number of sulfonamides is 1. The van der Waals surface area contributed by atoms with Crippen molar-refractivity contribution in [3.05, 3.63) is 87.9 Å². The van der Waals surface area contributed by atoms with E-state index in [-0.39, 0.29) is 44.5 Å². The van der Waals surface area contributed by atoms with Gasteiger partial charge in [-0.3, -0.25) is 13.9 Å². The highest BCUT2D eigenvalue weighted by atomic mass is 35.5. The topological polar surface area (TPSA) is 105 Å². The Hall–Kier alpha value is -3.47. The minimum Gasteiger partial charge on any atom is -0.454 e. The van der Waals surface area contributed by atoms with E-state index >= 15 is 0 Å². The summed E-state index contributed by atoms with van der Waals surface area (Å²) in [5, 5.41) is 3.83. The van der Waals surface area contributed by atoms with E-state index in [1.807, 2.05) is 37.3 Å². The van der Waals surface area contributed by atoms with E-state index in [0.717, 1.165) is 24.7 Å². The number of rotatable bonds is 15. The largest absolute Gasteiger partial charge is 0.454 e. The molecule has 0 saturated heterocycles. The standard InChI is InChI=1S/C32H37Cl2N3O6S/c1-3-4-16-35-32(39)28(18-23-9-6-5-7-10-23)36(21-24-12-13-25(33)19-27(24)34)31(38)11-8-17-37(44(2,40)41)26-14-15-29-30(20-26)43-22-42-29/h5-7,9-10,12-15,19-20,28H,3-4,8,11,16-18,21-22H2,1-2H3,(H,35,39)/t28-/m0/s1. The van der Waals surface area contributed by atoms with E-state index in [1.165, 1.54) is 9.21 Å². The number of ether oxygens (including phenoxy) is 2. The van der Waals surface area contributed by atoms with Gasteiger partial charge in [0, 0.05) is 48.6 Å². The van der Waals surface area contributed by atoms with E-state index in [9.17, 15) is 18.0 Å². The first-order valence-corrected chi connectivity index (χ1v) is 17.1. The highest BCUT2D eigenvalue weighted by Gasteiger charge is 2.31.